The van der Waals surface area contributed by atoms with E-state index in [9.17, 15) is 0 Å². The monoisotopic (exact) mass is 283 g/mol. The average molecular weight is 283 g/mol. The second-order valence-electron chi connectivity index (χ2n) is 4.68. The van der Waals surface area contributed by atoms with Crippen LogP contribution in [0.1, 0.15) is 31.9 Å². The maximum absolute atomic E-state index is 5.45. The Morgan fingerprint density at radius 2 is 1.95 bits per heavy atom. The van der Waals surface area contributed by atoms with Crippen LogP contribution < -0.4 is 14.8 Å². The highest BCUT2D eigenvalue weighted by Gasteiger charge is 2.14. The van der Waals surface area contributed by atoms with E-state index in [1.807, 2.05) is 23.9 Å². The molecule has 0 spiro atoms. The molecule has 1 N–H and O–H groups in total. The molecule has 0 aliphatic heterocycles. The minimum atomic E-state index is 0.262. The van der Waals surface area contributed by atoms with E-state index >= 15 is 0 Å². The Kier molecular flexibility index (Phi) is 7.10. The summed E-state index contributed by atoms with van der Waals surface area (Å²) in [4.78, 5) is 0. The van der Waals surface area contributed by atoms with Crippen LogP contribution in [0.15, 0.2) is 18.2 Å². The van der Waals surface area contributed by atoms with Crippen LogP contribution in [0.3, 0.4) is 0 Å². The molecule has 4 heteroatoms. The van der Waals surface area contributed by atoms with Crippen molar-refractivity contribution in [1.29, 1.82) is 0 Å². The van der Waals surface area contributed by atoms with Gasteiger partial charge in [0, 0.05) is 23.7 Å². The molecule has 0 aliphatic rings. The standard InChI is InChI=1S/C15H25NO2S/c1-11(8-9-19-5)16-12(2)14-7-6-13(17-3)10-15(14)18-4/h6-7,10-12,16H,8-9H2,1-5H3. The largest absolute Gasteiger partial charge is 0.497 e. The quantitative estimate of drug-likeness (QED) is 0.791. The number of rotatable bonds is 8. The van der Waals surface area contributed by atoms with Crippen LogP contribution in [-0.2, 0) is 0 Å². The summed E-state index contributed by atoms with van der Waals surface area (Å²) < 4.78 is 10.7. The van der Waals surface area contributed by atoms with Crippen molar-refractivity contribution in [3.63, 3.8) is 0 Å². The summed E-state index contributed by atoms with van der Waals surface area (Å²) in [6.07, 6.45) is 3.31. The van der Waals surface area contributed by atoms with Crippen LogP contribution in [-0.4, -0.2) is 32.3 Å². The van der Waals surface area contributed by atoms with E-state index in [0.717, 1.165) is 11.5 Å². The highest BCUT2D eigenvalue weighted by atomic mass is 32.2. The fourth-order valence-corrected chi connectivity index (χ4v) is 2.66. The van der Waals surface area contributed by atoms with Gasteiger partial charge >= 0.3 is 0 Å². The predicted molar refractivity (Wildman–Crippen MR) is 83.6 cm³/mol. The van der Waals surface area contributed by atoms with E-state index < -0.39 is 0 Å². The minimum Gasteiger partial charge on any atom is -0.497 e. The van der Waals surface area contributed by atoms with Crippen LogP contribution >= 0.6 is 11.8 Å². The number of thioether (sulfide) groups is 1. The zero-order chi connectivity index (χ0) is 14.3. The molecule has 0 saturated carbocycles. The third-order valence-electron chi connectivity index (χ3n) is 3.20. The van der Waals surface area contributed by atoms with Crippen LogP contribution in [0.5, 0.6) is 11.5 Å². The lowest BCUT2D eigenvalue weighted by molar-refractivity contribution is 0.381. The molecule has 19 heavy (non-hydrogen) atoms. The van der Waals surface area contributed by atoms with Gasteiger partial charge in [-0.15, -0.1) is 0 Å². The fraction of sp³-hybridized carbons (Fsp3) is 0.600. The fourth-order valence-electron chi connectivity index (χ4n) is 2.07. The molecule has 1 aromatic carbocycles. The van der Waals surface area contributed by atoms with E-state index in [2.05, 4.69) is 31.5 Å². The molecule has 2 unspecified atom stereocenters. The van der Waals surface area contributed by atoms with Gasteiger partial charge in [-0.1, -0.05) is 6.07 Å². The molecule has 0 aliphatic carbocycles. The van der Waals surface area contributed by atoms with Crippen molar-refractivity contribution in [2.75, 3.05) is 26.2 Å². The van der Waals surface area contributed by atoms with Crippen molar-refractivity contribution in [1.82, 2.24) is 5.32 Å². The van der Waals surface area contributed by atoms with E-state index in [0.29, 0.717) is 6.04 Å². The van der Waals surface area contributed by atoms with Crippen LogP contribution in [0.2, 0.25) is 0 Å². The first-order chi connectivity index (χ1) is 9.12. The van der Waals surface area contributed by atoms with Gasteiger partial charge < -0.3 is 14.8 Å². The summed E-state index contributed by atoms with van der Waals surface area (Å²) >= 11 is 1.88. The Morgan fingerprint density at radius 3 is 2.53 bits per heavy atom. The summed E-state index contributed by atoms with van der Waals surface area (Å²) in [7, 11) is 3.36. The molecule has 0 amide bonds. The normalized spacial score (nSPS) is 13.9. The molecule has 1 rings (SSSR count). The predicted octanol–water partition coefficient (Wildman–Crippen LogP) is 3.50. The number of hydrogen-bond acceptors (Lipinski definition) is 4. The molecule has 0 saturated heterocycles. The Morgan fingerprint density at radius 1 is 1.21 bits per heavy atom. The van der Waals surface area contributed by atoms with E-state index in [1.54, 1.807) is 14.2 Å². The van der Waals surface area contributed by atoms with Gasteiger partial charge in [0.05, 0.1) is 14.2 Å². The molecular formula is C15H25NO2S. The Bertz CT molecular complexity index is 384. The average Bonchev–Trinajstić information content (AvgIpc) is 2.44. The van der Waals surface area contributed by atoms with Crippen molar-refractivity contribution in [2.24, 2.45) is 0 Å². The number of benzene rings is 1. The van der Waals surface area contributed by atoms with Gasteiger partial charge in [0.1, 0.15) is 11.5 Å². The van der Waals surface area contributed by atoms with Gasteiger partial charge in [0.15, 0.2) is 0 Å². The summed E-state index contributed by atoms with van der Waals surface area (Å²) in [6.45, 7) is 4.39. The summed E-state index contributed by atoms with van der Waals surface area (Å²) in [6, 6.07) is 6.73. The number of nitrogens with one attached hydrogen (secondary N) is 1. The third-order valence-corrected chi connectivity index (χ3v) is 3.84. The molecular weight excluding hydrogens is 258 g/mol. The van der Waals surface area contributed by atoms with Gasteiger partial charge in [-0.3, -0.25) is 0 Å². The van der Waals surface area contributed by atoms with Gasteiger partial charge in [-0.25, -0.2) is 0 Å². The van der Waals surface area contributed by atoms with Gasteiger partial charge in [-0.05, 0) is 38.3 Å². The summed E-state index contributed by atoms with van der Waals surface area (Å²) in [5, 5.41) is 3.61. The summed E-state index contributed by atoms with van der Waals surface area (Å²) in [5.74, 6) is 2.88. The topological polar surface area (TPSA) is 30.5 Å². The van der Waals surface area contributed by atoms with Crippen LogP contribution in [0, 0.1) is 0 Å². The first-order valence-electron chi connectivity index (χ1n) is 6.59. The van der Waals surface area contributed by atoms with Gasteiger partial charge in [0.25, 0.3) is 0 Å². The lowest BCUT2D eigenvalue weighted by Gasteiger charge is -2.22. The lowest BCUT2D eigenvalue weighted by atomic mass is 10.1. The van der Waals surface area contributed by atoms with Crippen molar-refractivity contribution >= 4 is 11.8 Å². The van der Waals surface area contributed by atoms with Crippen molar-refractivity contribution in [3.8, 4) is 11.5 Å². The molecule has 0 bridgehead atoms. The second-order valence-corrected chi connectivity index (χ2v) is 5.66. The maximum atomic E-state index is 5.45. The Labute approximate surface area is 121 Å². The Balaban J connectivity index is 2.72. The molecule has 108 valence electrons. The minimum absolute atomic E-state index is 0.262. The Hall–Kier alpha value is -0.870. The van der Waals surface area contributed by atoms with Gasteiger partial charge in [-0.2, -0.15) is 11.8 Å². The van der Waals surface area contributed by atoms with Crippen molar-refractivity contribution in [3.05, 3.63) is 23.8 Å². The first-order valence-corrected chi connectivity index (χ1v) is 7.98. The second kappa shape index (κ2) is 8.33. The molecule has 3 nitrogen and oxygen atoms in total. The zero-order valence-corrected chi connectivity index (χ0v) is 13.3. The van der Waals surface area contributed by atoms with Crippen molar-refractivity contribution < 1.29 is 9.47 Å². The lowest BCUT2D eigenvalue weighted by Crippen LogP contribution is -2.29. The summed E-state index contributed by atoms with van der Waals surface area (Å²) in [5.41, 5.74) is 1.17. The number of ether oxygens (including phenoxy) is 2. The van der Waals surface area contributed by atoms with E-state index in [1.165, 1.54) is 17.7 Å². The zero-order valence-electron chi connectivity index (χ0n) is 12.5. The SMILES string of the molecule is COc1ccc(C(C)NC(C)CCSC)c(OC)c1. The van der Waals surface area contributed by atoms with Crippen molar-refractivity contribution in [2.45, 2.75) is 32.4 Å². The molecule has 1 aromatic rings. The molecule has 0 heterocycles. The highest BCUT2D eigenvalue weighted by molar-refractivity contribution is 7.98. The van der Waals surface area contributed by atoms with Crippen LogP contribution in [0.4, 0.5) is 0 Å². The number of hydrogen-bond donors (Lipinski definition) is 1. The molecule has 0 radical (unpaired) electrons. The molecule has 2 atom stereocenters. The van der Waals surface area contributed by atoms with E-state index in [-0.39, 0.29) is 6.04 Å². The third kappa shape index (κ3) is 4.96. The highest BCUT2D eigenvalue weighted by Crippen LogP contribution is 2.29. The smallest absolute Gasteiger partial charge is 0.127 e. The first kappa shape index (κ1) is 16.2. The molecule has 0 aromatic heterocycles. The molecule has 0 fully saturated rings. The number of methoxy groups -OCH3 is 2. The van der Waals surface area contributed by atoms with Crippen LogP contribution in [0.25, 0.3) is 0 Å². The van der Waals surface area contributed by atoms with E-state index in [4.69, 9.17) is 9.47 Å². The maximum Gasteiger partial charge on any atom is 0.127 e. The van der Waals surface area contributed by atoms with Gasteiger partial charge in [0.2, 0.25) is 0 Å².